The van der Waals surface area contributed by atoms with Crippen LogP contribution in [0.15, 0.2) is 18.7 Å². The first-order valence-electron chi connectivity index (χ1n) is 4.61. The van der Waals surface area contributed by atoms with Gasteiger partial charge in [0.15, 0.2) is 5.78 Å². The van der Waals surface area contributed by atoms with E-state index in [0.717, 1.165) is 12.8 Å². The van der Waals surface area contributed by atoms with Gasteiger partial charge in [0.25, 0.3) is 0 Å². The van der Waals surface area contributed by atoms with Gasteiger partial charge in [0, 0.05) is 19.5 Å². The third kappa shape index (κ3) is 2.60. The number of carbonyl (C=O) groups excluding carboxylic acids is 1. The van der Waals surface area contributed by atoms with Crippen molar-refractivity contribution in [3.05, 3.63) is 24.3 Å². The first-order chi connectivity index (χ1) is 6.79. The number of nitrogens with zero attached hydrogens (tertiary/aromatic N) is 2. The average Bonchev–Trinajstić information content (AvgIpc) is 2.26. The highest BCUT2D eigenvalue weighted by molar-refractivity contribution is 5.98. The van der Waals surface area contributed by atoms with E-state index in [2.05, 4.69) is 9.97 Å². The number of aromatic nitrogens is 2. The van der Waals surface area contributed by atoms with Crippen LogP contribution in [0.2, 0.25) is 0 Å². The van der Waals surface area contributed by atoms with E-state index >= 15 is 0 Å². The van der Waals surface area contributed by atoms with Gasteiger partial charge >= 0.3 is 0 Å². The summed E-state index contributed by atoms with van der Waals surface area (Å²) >= 11 is 0. The maximum absolute atomic E-state index is 11.8. The van der Waals surface area contributed by atoms with Gasteiger partial charge < -0.3 is 4.74 Å². The predicted octanol–water partition coefficient (Wildman–Crippen LogP) is 1.47. The van der Waals surface area contributed by atoms with Crippen molar-refractivity contribution >= 4 is 5.78 Å². The van der Waals surface area contributed by atoms with E-state index < -0.39 is 0 Å². The highest BCUT2D eigenvalue weighted by Gasteiger charge is 2.18. The van der Waals surface area contributed by atoms with Crippen molar-refractivity contribution in [2.75, 3.05) is 7.11 Å². The zero-order valence-corrected chi connectivity index (χ0v) is 8.43. The van der Waals surface area contributed by atoms with Gasteiger partial charge in [-0.2, -0.15) is 0 Å². The average molecular weight is 194 g/mol. The van der Waals surface area contributed by atoms with Gasteiger partial charge in [0.05, 0.1) is 5.56 Å². The maximum Gasteiger partial charge on any atom is 0.194 e. The summed E-state index contributed by atoms with van der Waals surface area (Å²) in [6, 6.07) is 0. The molecule has 0 aromatic carbocycles. The van der Waals surface area contributed by atoms with E-state index in [1.54, 1.807) is 7.11 Å². The second kappa shape index (κ2) is 5.44. The molecule has 4 heteroatoms. The Morgan fingerprint density at radius 1 is 1.50 bits per heavy atom. The molecule has 14 heavy (non-hydrogen) atoms. The van der Waals surface area contributed by atoms with Gasteiger partial charge in [0.2, 0.25) is 0 Å². The molecule has 4 nitrogen and oxygen atoms in total. The summed E-state index contributed by atoms with van der Waals surface area (Å²) in [5.74, 6) is -0.0463. The smallest absolute Gasteiger partial charge is 0.194 e. The largest absolute Gasteiger partial charge is 0.373 e. The lowest BCUT2D eigenvalue weighted by Gasteiger charge is -2.11. The Morgan fingerprint density at radius 2 is 2.14 bits per heavy atom. The standard InChI is InChI=1S/C10H14N2O2/c1-3-4-9(14-2)10(13)8-5-11-7-12-6-8/h5-7,9H,3-4H2,1-2H3. The van der Waals surface area contributed by atoms with E-state index in [-0.39, 0.29) is 11.9 Å². The minimum absolute atomic E-state index is 0.0463. The fourth-order valence-electron chi connectivity index (χ4n) is 1.23. The quantitative estimate of drug-likeness (QED) is 0.666. The Kier molecular flexibility index (Phi) is 4.19. The zero-order chi connectivity index (χ0) is 10.4. The number of rotatable bonds is 5. The van der Waals surface area contributed by atoms with Crippen LogP contribution in [0.4, 0.5) is 0 Å². The second-order valence-electron chi connectivity index (χ2n) is 3.00. The lowest BCUT2D eigenvalue weighted by atomic mass is 10.1. The summed E-state index contributed by atoms with van der Waals surface area (Å²) in [5.41, 5.74) is 0.507. The van der Waals surface area contributed by atoms with Crippen LogP contribution in [0.3, 0.4) is 0 Å². The number of Topliss-reactive ketones (excluding diaryl/α,β-unsaturated/α-hetero) is 1. The van der Waals surface area contributed by atoms with Crippen molar-refractivity contribution in [1.82, 2.24) is 9.97 Å². The third-order valence-corrected chi connectivity index (χ3v) is 1.97. The zero-order valence-electron chi connectivity index (χ0n) is 8.43. The lowest BCUT2D eigenvalue weighted by molar-refractivity contribution is 0.0578. The van der Waals surface area contributed by atoms with Gasteiger partial charge in [-0.3, -0.25) is 4.79 Å². The van der Waals surface area contributed by atoms with E-state index in [9.17, 15) is 4.79 Å². The predicted molar refractivity (Wildman–Crippen MR) is 52.1 cm³/mol. The highest BCUT2D eigenvalue weighted by Crippen LogP contribution is 2.08. The summed E-state index contributed by atoms with van der Waals surface area (Å²) in [5, 5.41) is 0. The monoisotopic (exact) mass is 194 g/mol. The summed E-state index contributed by atoms with van der Waals surface area (Å²) in [6.07, 6.45) is 5.69. The van der Waals surface area contributed by atoms with E-state index in [1.807, 2.05) is 6.92 Å². The van der Waals surface area contributed by atoms with Crippen LogP contribution in [0.5, 0.6) is 0 Å². The Morgan fingerprint density at radius 3 is 2.64 bits per heavy atom. The molecular formula is C10H14N2O2. The molecule has 1 aromatic rings. The first-order valence-corrected chi connectivity index (χ1v) is 4.61. The molecule has 0 aliphatic rings. The molecule has 0 bridgehead atoms. The van der Waals surface area contributed by atoms with Crippen LogP contribution in [-0.4, -0.2) is 29.0 Å². The van der Waals surface area contributed by atoms with Crippen molar-refractivity contribution in [1.29, 1.82) is 0 Å². The first kappa shape index (κ1) is 10.8. The van der Waals surface area contributed by atoms with Crippen molar-refractivity contribution in [2.45, 2.75) is 25.9 Å². The molecule has 0 aliphatic carbocycles. The highest BCUT2D eigenvalue weighted by atomic mass is 16.5. The fraction of sp³-hybridized carbons (Fsp3) is 0.500. The summed E-state index contributed by atoms with van der Waals surface area (Å²) in [7, 11) is 1.54. The minimum atomic E-state index is -0.369. The molecule has 0 spiro atoms. The molecule has 0 saturated carbocycles. The van der Waals surface area contributed by atoms with Crippen LogP contribution >= 0.6 is 0 Å². The molecule has 1 rings (SSSR count). The molecule has 0 fully saturated rings. The van der Waals surface area contributed by atoms with Crippen LogP contribution < -0.4 is 0 Å². The lowest BCUT2D eigenvalue weighted by Crippen LogP contribution is -2.23. The maximum atomic E-state index is 11.8. The van der Waals surface area contributed by atoms with Crippen molar-refractivity contribution in [3.8, 4) is 0 Å². The Bertz CT molecular complexity index is 287. The number of hydrogen-bond donors (Lipinski definition) is 0. The Balaban J connectivity index is 2.73. The number of hydrogen-bond acceptors (Lipinski definition) is 4. The van der Waals surface area contributed by atoms with Gasteiger partial charge in [-0.25, -0.2) is 9.97 Å². The van der Waals surface area contributed by atoms with Gasteiger partial charge in [0.1, 0.15) is 12.4 Å². The molecule has 0 radical (unpaired) electrons. The van der Waals surface area contributed by atoms with Gasteiger partial charge in [-0.05, 0) is 6.42 Å². The molecule has 0 saturated heterocycles. The van der Waals surface area contributed by atoms with Gasteiger partial charge in [-0.1, -0.05) is 13.3 Å². The molecule has 0 aliphatic heterocycles. The van der Waals surface area contributed by atoms with Crippen molar-refractivity contribution in [2.24, 2.45) is 0 Å². The van der Waals surface area contributed by atoms with E-state index in [1.165, 1.54) is 18.7 Å². The normalized spacial score (nSPS) is 12.4. The van der Waals surface area contributed by atoms with Crippen LogP contribution in [-0.2, 0) is 4.74 Å². The summed E-state index contributed by atoms with van der Waals surface area (Å²) < 4.78 is 5.10. The number of methoxy groups -OCH3 is 1. The van der Waals surface area contributed by atoms with E-state index in [4.69, 9.17) is 4.74 Å². The van der Waals surface area contributed by atoms with Crippen molar-refractivity contribution in [3.63, 3.8) is 0 Å². The molecule has 1 aromatic heterocycles. The fourth-order valence-corrected chi connectivity index (χ4v) is 1.23. The van der Waals surface area contributed by atoms with Crippen LogP contribution in [0.1, 0.15) is 30.1 Å². The summed E-state index contributed by atoms with van der Waals surface area (Å²) in [6.45, 7) is 2.01. The molecule has 0 amide bonds. The topological polar surface area (TPSA) is 52.1 Å². The van der Waals surface area contributed by atoms with E-state index in [0.29, 0.717) is 5.56 Å². The van der Waals surface area contributed by atoms with Crippen molar-refractivity contribution < 1.29 is 9.53 Å². The molecule has 0 N–H and O–H groups in total. The Hall–Kier alpha value is -1.29. The third-order valence-electron chi connectivity index (χ3n) is 1.97. The summed E-state index contributed by atoms with van der Waals surface area (Å²) in [4.78, 5) is 19.4. The van der Waals surface area contributed by atoms with Gasteiger partial charge in [-0.15, -0.1) is 0 Å². The molecule has 1 heterocycles. The molecular weight excluding hydrogens is 180 g/mol. The van der Waals surface area contributed by atoms with Crippen LogP contribution in [0.25, 0.3) is 0 Å². The molecule has 1 atom stereocenters. The Labute approximate surface area is 83.3 Å². The minimum Gasteiger partial charge on any atom is -0.373 e. The molecule has 1 unspecified atom stereocenters. The second-order valence-corrected chi connectivity index (χ2v) is 3.00. The SMILES string of the molecule is CCCC(OC)C(=O)c1cncnc1. The van der Waals surface area contributed by atoms with Crippen LogP contribution in [0, 0.1) is 0 Å². The number of carbonyl (C=O) groups is 1. The number of ether oxygens (including phenoxy) is 1. The molecule has 76 valence electrons. The number of ketones is 1.